The number of para-hydroxylation sites is 2. The Morgan fingerprint density at radius 2 is 1.18 bits per heavy atom. The largest absolute Gasteiger partial charge is 0.396 e. The number of nitrogens with zero attached hydrogens (tertiary/aromatic N) is 5. The van der Waals surface area contributed by atoms with E-state index < -0.39 is 22.8 Å². The van der Waals surface area contributed by atoms with Crippen molar-refractivity contribution >= 4 is 119 Å². The number of nitrogens with one attached hydrogen (secondary N) is 7. The Bertz CT molecular complexity index is 3660. The van der Waals surface area contributed by atoms with Crippen LogP contribution in [0.1, 0.15) is 79.5 Å². The number of nitrogen functional groups attached to an aromatic ring is 1. The van der Waals surface area contributed by atoms with Crippen LogP contribution in [-0.2, 0) is 9.59 Å². The number of alkyl halides is 1. The number of rotatable bonds is 16. The Kier molecular flexibility index (Phi) is 23.3. The molecule has 4 aromatic carbocycles. The minimum Gasteiger partial charge on any atom is -0.396 e. The number of halogens is 6. The van der Waals surface area contributed by atoms with Crippen molar-refractivity contribution in [3.8, 4) is 22.5 Å². The zero-order valence-electron chi connectivity index (χ0n) is 45.3. The number of hydrogen-bond acceptors (Lipinski definition) is 12. The van der Waals surface area contributed by atoms with Crippen LogP contribution in [0, 0.1) is 11.6 Å². The van der Waals surface area contributed by atoms with E-state index in [-0.39, 0.29) is 65.9 Å². The predicted octanol–water partition coefficient (Wildman–Crippen LogP) is 13.1. The molecule has 17 nitrogen and oxygen atoms in total. The van der Waals surface area contributed by atoms with E-state index in [2.05, 4.69) is 62.4 Å². The number of hydrogen-bond donors (Lipinski definition) is 8. The number of anilines is 4. The Morgan fingerprint density at radius 1 is 0.690 bits per heavy atom. The van der Waals surface area contributed by atoms with E-state index in [1.54, 1.807) is 24.5 Å². The molecule has 8 aromatic rings. The highest BCUT2D eigenvalue weighted by Gasteiger charge is 2.27. The number of fused-ring (bicyclic) bond motifs is 2. The van der Waals surface area contributed by atoms with Crippen LogP contribution >= 0.6 is 50.7 Å². The number of allylic oxidation sites excluding steroid dienone is 2. The van der Waals surface area contributed by atoms with Crippen LogP contribution in [0.4, 0.5) is 32.1 Å². The molecule has 0 bridgehead atoms. The molecule has 4 aromatic heterocycles. The van der Waals surface area contributed by atoms with Gasteiger partial charge in [-0.1, -0.05) is 95.1 Å². The van der Waals surface area contributed by atoms with Crippen LogP contribution in [0.3, 0.4) is 0 Å². The highest BCUT2D eigenvalue weighted by atomic mass is 79.9. The Morgan fingerprint density at radius 3 is 1.64 bits per heavy atom. The normalized spacial score (nSPS) is 16.7. The standard InChI is InChI=1S/C31H33ClFN7O2.C25H24ClFN6O.C4H4BrClO.CH4/c1-40(2)14-6-11-28(41)38-27-13-12-19(15-25(27)33)30(42)36-20-7-5-8-21(16-20)37-31-35-18-24(32)29(39-31)23-17-34-26-10-4-3-9-22(23)26;26-19-13-30-25(33-23(19)18-12-29-22-7-2-1-6-17(18)22)32-16-5-3-4-15(11-16)31-24(34)14-8-9-21(28)20(27)10-14;5-3-1-2-4(6)7;/h3-4,6,9-13,15,17-18,20-21,34H,5,7-8,14,16H2,1-2H3,(H,36,42)(H,38,41)(H,35,37,39);1-2,6-10,12-13,15-16,29H,3-5,11,28H2,(H,31,34)(H,30,32,33);1-2H,3H2;1H4/b11-6+;;2-1+;/t20-,21+;15-,16+;;/m00../s1. The van der Waals surface area contributed by atoms with Gasteiger partial charge in [0.25, 0.3) is 11.8 Å². The van der Waals surface area contributed by atoms with E-state index in [1.165, 1.54) is 36.4 Å². The van der Waals surface area contributed by atoms with Gasteiger partial charge in [-0.25, -0.2) is 28.7 Å². The van der Waals surface area contributed by atoms with E-state index in [9.17, 15) is 28.0 Å². The van der Waals surface area contributed by atoms with Crippen LogP contribution in [0.2, 0.25) is 10.0 Å². The molecule has 0 unspecified atom stereocenters. The van der Waals surface area contributed by atoms with Gasteiger partial charge in [0.2, 0.25) is 23.0 Å². The number of carbonyl (C=O) groups excluding carboxylic acids is 4. The number of H-pyrrole nitrogens is 2. The van der Waals surface area contributed by atoms with Gasteiger partial charge in [-0.15, -0.1) is 0 Å². The second-order valence-corrected chi connectivity index (χ2v) is 21.9. The van der Waals surface area contributed by atoms with Crippen molar-refractivity contribution in [3.05, 3.63) is 167 Å². The van der Waals surface area contributed by atoms with Gasteiger partial charge in [0.1, 0.15) is 11.6 Å². The molecule has 0 saturated heterocycles. The molecule has 0 spiro atoms. The molecule has 440 valence electrons. The zero-order valence-corrected chi connectivity index (χ0v) is 49.2. The maximum atomic E-state index is 14.7. The second-order valence-electron chi connectivity index (χ2n) is 20.1. The van der Waals surface area contributed by atoms with Crippen LogP contribution in [0.15, 0.2) is 134 Å². The average Bonchev–Trinajstić information content (AvgIpc) is 3.97. The third-order valence-electron chi connectivity index (χ3n) is 13.7. The predicted molar refractivity (Wildman–Crippen MR) is 337 cm³/mol. The number of benzene rings is 4. The molecule has 0 radical (unpaired) electrons. The lowest BCUT2D eigenvalue weighted by Crippen LogP contribution is -2.42. The molecule has 10 rings (SSSR count). The molecule has 2 aliphatic carbocycles. The van der Waals surface area contributed by atoms with Gasteiger partial charge in [0.15, 0.2) is 0 Å². The van der Waals surface area contributed by atoms with E-state index >= 15 is 0 Å². The Hall–Kier alpha value is -7.75. The van der Waals surface area contributed by atoms with Crippen molar-refractivity contribution in [3.63, 3.8) is 0 Å². The Labute approximate surface area is 509 Å². The maximum absolute atomic E-state index is 14.7. The zero-order chi connectivity index (χ0) is 59.0. The van der Waals surface area contributed by atoms with Crippen LogP contribution in [0.25, 0.3) is 44.3 Å². The fourth-order valence-corrected chi connectivity index (χ4v) is 10.4. The average molecular weight is 1270 g/mol. The Balaban J connectivity index is 0.000000217. The van der Waals surface area contributed by atoms with Crippen molar-refractivity contribution in [2.24, 2.45) is 0 Å². The lowest BCUT2D eigenvalue weighted by Gasteiger charge is -2.30. The molecule has 4 heterocycles. The minimum atomic E-state index is -0.675. The summed E-state index contributed by atoms with van der Waals surface area (Å²) >= 11 is 20.9. The molecule has 0 aliphatic heterocycles. The molecule has 23 heteroatoms. The van der Waals surface area contributed by atoms with Crippen LogP contribution < -0.4 is 32.3 Å². The fraction of sp³-hybridized carbons (Fsp3) is 0.279. The number of likely N-dealkylation sites (N-methyl/N-ethyl adjacent to an activating group) is 1. The summed E-state index contributed by atoms with van der Waals surface area (Å²) in [7, 11) is 3.76. The van der Waals surface area contributed by atoms with Gasteiger partial charge >= 0.3 is 0 Å². The van der Waals surface area contributed by atoms with Crippen molar-refractivity contribution in [2.45, 2.75) is 83.0 Å². The van der Waals surface area contributed by atoms with E-state index in [1.807, 2.05) is 79.9 Å². The third kappa shape index (κ3) is 17.6. The van der Waals surface area contributed by atoms with Crippen LogP contribution in [0.5, 0.6) is 0 Å². The summed E-state index contributed by atoms with van der Waals surface area (Å²) in [6.45, 7) is 0.589. The highest BCUT2D eigenvalue weighted by Crippen LogP contribution is 2.35. The summed E-state index contributed by atoms with van der Waals surface area (Å²) in [5.74, 6) is -1.43. The van der Waals surface area contributed by atoms with Gasteiger partial charge in [0, 0.05) is 98.6 Å². The van der Waals surface area contributed by atoms with E-state index in [0.29, 0.717) is 58.0 Å². The van der Waals surface area contributed by atoms with Gasteiger partial charge in [-0.3, -0.25) is 19.2 Å². The first-order chi connectivity index (χ1) is 40.0. The molecule has 2 aliphatic rings. The van der Waals surface area contributed by atoms with Crippen molar-refractivity contribution in [1.29, 1.82) is 0 Å². The fourth-order valence-electron chi connectivity index (χ4n) is 9.70. The second kappa shape index (κ2) is 30.7. The molecule has 2 fully saturated rings. The molecule has 9 N–H and O–H groups in total. The first-order valence-electron chi connectivity index (χ1n) is 26.7. The minimum absolute atomic E-state index is 0. The number of amides is 3. The molecule has 4 atom stereocenters. The van der Waals surface area contributed by atoms with Crippen molar-refractivity contribution < 1.29 is 28.0 Å². The van der Waals surface area contributed by atoms with E-state index in [0.717, 1.165) is 83.6 Å². The summed E-state index contributed by atoms with van der Waals surface area (Å²) in [6, 6.07) is 24.0. The van der Waals surface area contributed by atoms with Crippen molar-refractivity contribution in [1.82, 2.24) is 45.4 Å². The lowest BCUT2D eigenvalue weighted by atomic mass is 9.91. The lowest BCUT2D eigenvalue weighted by molar-refractivity contribution is -0.112. The van der Waals surface area contributed by atoms with Gasteiger partial charge in [-0.05, 0) is 132 Å². The van der Waals surface area contributed by atoms with Gasteiger partial charge < -0.3 is 47.2 Å². The topological polar surface area (TPSA) is 241 Å². The van der Waals surface area contributed by atoms with Crippen LogP contribution in [-0.4, -0.2) is 108 Å². The number of aromatic nitrogens is 6. The smallest absolute Gasteiger partial charge is 0.251 e. The molecular weight excluding hydrogens is 1200 g/mol. The highest BCUT2D eigenvalue weighted by molar-refractivity contribution is 9.09. The summed E-state index contributed by atoms with van der Waals surface area (Å²) in [4.78, 5) is 74.0. The molecular formula is C61H65BrCl3F2N13O4. The van der Waals surface area contributed by atoms with Gasteiger partial charge in [0.05, 0.1) is 45.2 Å². The maximum Gasteiger partial charge on any atom is 0.251 e. The van der Waals surface area contributed by atoms with Crippen molar-refractivity contribution in [2.75, 3.05) is 47.7 Å². The summed E-state index contributed by atoms with van der Waals surface area (Å²) in [5.41, 5.74) is 11.1. The molecule has 3 amide bonds. The number of carbonyl (C=O) groups is 4. The van der Waals surface area contributed by atoms with E-state index in [4.69, 9.17) is 50.5 Å². The quantitative estimate of drug-likeness (QED) is 0.0195. The number of nitrogens with two attached hydrogens (primary N) is 1. The molecule has 2 saturated carbocycles. The first kappa shape index (κ1) is 63.8. The monoisotopic (exact) mass is 1270 g/mol. The SMILES string of the molecule is C.CN(C)C/C=C/C(=O)Nc1ccc(C(=O)N[C@H]2CCC[C@@H](Nc3ncc(Cl)c(-c4c[nH]c5ccccc45)n3)C2)cc1F.Nc1ccc(C(=O)N[C@H]2CCC[C@@H](Nc3ncc(Cl)c(-c4c[nH]c5ccccc45)n3)C2)cc1F.O=C(Cl)/C=C/CBr. The summed E-state index contributed by atoms with van der Waals surface area (Å²) in [6.07, 6.45) is 19.6. The third-order valence-corrected chi connectivity index (χ3v) is 14.7. The molecule has 84 heavy (non-hydrogen) atoms. The number of aromatic amines is 2. The van der Waals surface area contributed by atoms with Gasteiger partial charge in [-0.2, -0.15) is 0 Å². The first-order valence-corrected chi connectivity index (χ1v) is 29.0. The summed E-state index contributed by atoms with van der Waals surface area (Å²) in [5, 5.41) is 18.6. The summed E-state index contributed by atoms with van der Waals surface area (Å²) < 4.78 is 28.4.